The van der Waals surface area contributed by atoms with Gasteiger partial charge in [-0.3, -0.25) is 4.79 Å². The second kappa shape index (κ2) is 5.71. The minimum Gasteiger partial charge on any atom is -0.497 e. The van der Waals surface area contributed by atoms with Gasteiger partial charge in [0.1, 0.15) is 5.75 Å². The number of methoxy groups -OCH3 is 1. The lowest BCUT2D eigenvalue weighted by Gasteiger charge is -2.32. The molecule has 1 aliphatic heterocycles. The van der Waals surface area contributed by atoms with Gasteiger partial charge in [-0.15, -0.1) is 0 Å². The van der Waals surface area contributed by atoms with E-state index in [4.69, 9.17) is 4.74 Å². The van der Waals surface area contributed by atoms with Crippen LogP contribution in [-0.4, -0.2) is 43.6 Å². The van der Waals surface area contributed by atoms with Gasteiger partial charge in [-0.05, 0) is 41.1 Å². The SMILES string of the molecule is COc1ccc(Br)c(C(=O)N2CCNC(C)C2)c1. The van der Waals surface area contributed by atoms with Crippen LogP contribution in [0.1, 0.15) is 17.3 Å². The Morgan fingerprint density at radius 1 is 1.56 bits per heavy atom. The van der Waals surface area contributed by atoms with Gasteiger partial charge in [-0.25, -0.2) is 0 Å². The Kier molecular flexibility index (Phi) is 4.24. The van der Waals surface area contributed by atoms with Crippen molar-refractivity contribution >= 4 is 21.8 Å². The molecule has 1 amide bonds. The summed E-state index contributed by atoms with van der Waals surface area (Å²) in [6.07, 6.45) is 0. The van der Waals surface area contributed by atoms with Crippen molar-refractivity contribution in [3.63, 3.8) is 0 Å². The first-order valence-corrected chi connectivity index (χ1v) is 6.77. The zero-order chi connectivity index (χ0) is 13.1. The van der Waals surface area contributed by atoms with Crippen molar-refractivity contribution in [1.29, 1.82) is 0 Å². The summed E-state index contributed by atoms with van der Waals surface area (Å²) in [7, 11) is 1.60. The van der Waals surface area contributed by atoms with E-state index in [1.54, 1.807) is 13.2 Å². The lowest BCUT2D eigenvalue weighted by molar-refractivity contribution is 0.0708. The molecular weight excluding hydrogens is 296 g/mol. The van der Waals surface area contributed by atoms with Gasteiger partial charge < -0.3 is 15.0 Å². The maximum Gasteiger partial charge on any atom is 0.255 e. The fourth-order valence-corrected chi connectivity index (χ4v) is 2.50. The highest BCUT2D eigenvalue weighted by molar-refractivity contribution is 9.10. The number of hydrogen-bond acceptors (Lipinski definition) is 3. The highest BCUT2D eigenvalue weighted by Gasteiger charge is 2.23. The van der Waals surface area contributed by atoms with E-state index in [9.17, 15) is 4.79 Å². The van der Waals surface area contributed by atoms with Gasteiger partial charge >= 0.3 is 0 Å². The number of nitrogens with zero attached hydrogens (tertiary/aromatic N) is 1. The highest BCUT2D eigenvalue weighted by Crippen LogP contribution is 2.24. The van der Waals surface area contributed by atoms with Gasteiger partial charge in [0.25, 0.3) is 5.91 Å². The van der Waals surface area contributed by atoms with Crippen LogP contribution in [-0.2, 0) is 0 Å². The molecule has 4 nitrogen and oxygen atoms in total. The number of nitrogens with one attached hydrogen (secondary N) is 1. The molecule has 0 radical (unpaired) electrons. The van der Waals surface area contributed by atoms with E-state index < -0.39 is 0 Å². The minimum absolute atomic E-state index is 0.0501. The number of carbonyl (C=O) groups is 1. The fraction of sp³-hybridized carbons (Fsp3) is 0.462. The van der Waals surface area contributed by atoms with E-state index in [-0.39, 0.29) is 5.91 Å². The number of hydrogen-bond donors (Lipinski definition) is 1. The molecule has 98 valence electrons. The molecule has 1 N–H and O–H groups in total. The number of benzene rings is 1. The first kappa shape index (κ1) is 13.4. The summed E-state index contributed by atoms with van der Waals surface area (Å²) in [5.41, 5.74) is 0.656. The molecule has 2 rings (SSSR count). The van der Waals surface area contributed by atoms with Crippen molar-refractivity contribution in [2.45, 2.75) is 13.0 Å². The number of amides is 1. The molecule has 1 fully saturated rings. The Labute approximate surface area is 115 Å². The predicted molar refractivity (Wildman–Crippen MR) is 74.1 cm³/mol. The third-order valence-electron chi connectivity index (χ3n) is 3.06. The summed E-state index contributed by atoms with van der Waals surface area (Å²) in [4.78, 5) is 14.3. The van der Waals surface area contributed by atoms with Crippen molar-refractivity contribution in [2.24, 2.45) is 0 Å². The van der Waals surface area contributed by atoms with Gasteiger partial charge in [0, 0.05) is 30.1 Å². The Hall–Kier alpha value is -1.07. The van der Waals surface area contributed by atoms with Crippen LogP contribution in [0.15, 0.2) is 22.7 Å². The van der Waals surface area contributed by atoms with Crippen LogP contribution in [0.4, 0.5) is 0 Å². The summed E-state index contributed by atoms with van der Waals surface area (Å²) in [5.74, 6) is 0.749. The standard InChI is InChI=1S/C13H17BrN2O2/c1-9-8-16(6-5-15-9)13(17)11-7-10(18-2)3-4-12(11)14/h3-4,7,9,15H,5-6,8H2,1-2H3. The minimum atomic E-state index is 0.0501. The van der Waals surface area contributed by atoms with Gasteiger partial charge in [0.2, 0.25) is 0 Å². The lowest BCUT2D eigenvalue weighted by atomic mass is 10.1. The van der Waals surface area contributed by atoms with Crippen LogP contribution in [0.5, 0.6) is 5.75 Å². The van der Waals surface area contributed by atoms with E-state index in [1.807, 2.05) is 17.0 Å². The van der Waals surface area contributed by atoms with Crippen LogP contribution < -0.4 is 10.1 Å². The molecule has 5 heteroatoms. The zero-order valence-corrected chi connectivity index (χ0v) is 12.2. The molecule has 1 unspecified atom stereocenters. The Balaban J connectivity index is 2.22. The molecule has 1 aromatic rings. The molecule has 0 spiro atoms. The number of rotatable bonds is 2. The van der Waals surface area contributed by atoms with E-state index >= 15 is 0 Å². The molecule has 18 heavy (non-hydrogen) atoms. The smallest absolute Gasteiger partial charge is 0.255 e. The Bertz CT molecular complexity index is 451. The van der Waals surface area contributed by atoms with E-state index in [0.717, 1.165) is 24.1 Å². The molecule has 1 atom stereocenters. The summed E-state index contributed by atoms with van der Waals surface area (Å²) in [6, 6.07) is 5.80. The summed E-state index contributed by atoms with van der Waals surface area (Å²) in [6.45, 7) is 4.41. The molecule has 1 aliphatic rings. The van der Waals surface area contributed by atoms with Crippen molar-refractivity contribution in [3.05, 3.63) is 28.2 Å². The molecule has 1 heterocycles. The monoisotopic (exact) mass is 312 g/mol. The fourth-order valence-electron chi connectivity index (χ4n) is 2.08. The van der Waals surface area contributed by atoms with Crippen molar-refractivity contribution < 1.29 is 9.53 Å². The largest absolute Gasteiger partial charge is 0.497 e. The molecule has 0 aliphatic carbocycles. The van der Waals surface area contributed by atoms with E-state index in [2.05, 4.69) is 28.2 Å². The van der Waals surface area contributed by atoms with Crippen LogP contribution >= 0.6 is 15.9 Å². The summed E-state index contributed by atoms with van der Waals surface area (Å²) < 4.78 is 5.97. The average molecular weight is 313 g/mol. The van der Waals surface area contributed by atoms with E-state index in [0.29, 0.717) is 17.4 Å². The average Bonchev–Trinajstić information content (AvgIpc) is 2.38. The topological polar surface area (TPSA) is 41.6 Å². The zero-order valence-electron chi connectivity index (χ0n) is 10.6. The second-order valence-electron chi connectivity index (χ2n) is 4.45. The highest BCUT2D eigenvalue weighted by atomic mass is 79.9. The predicted octanol–water partition coefficient (Wildman–Crippen LogP) is 1.89. The third kappa shape index (κ3) is 2.84. The maximum absolute atomic E-state index is 12.4. The van der Waals surface area contributed by atoms with E-state index in [1.165, 1.54) is 0 Å². The van der Waals surface area contributed by atoms with Crippen molar-refractivity contribution in [2.75, 3.05) is 26.7 Å². The van der Waals surface area contributed by atoms with Gasteiger partial charge in [0.15, 0.2) is 0 Å². The molecule has 1 aromatic carbocycles. The normalized spacial score (nSPS) is 19.7. The number of halogens is 1. The molecule has 1 saturated heterocycles. The lowest BCUT2D eigenvalue weighted by Crippen LogP contribution is -2.51. The van der Waals surface area contributed by atoms with Crippen LogP contribution in [0.2, 0.25) is 0 Å². The number of ether oxygens (including phenoxy) is 1. The molecular formula is C13H17BrN2O2. The maximum atomic E-state index is 12.4. The van der Waals surface area contributed by atoms with Crippen molar-refractivity contribution in [1.82, 2.24) is 10.2 Å². The number of carbonyl (C=O) groups excluding carboxylic acids is 1. The summed E-state index contributed by atoms with van der Waals surface area (Å²) >= 11 is 3.42. The van der Waals surface area contributed by atoms with Crippen molar-refractivity contribution in [3.8, 4) is 5.75 Å². The first-order valence-electron chi connectivity index (χ1n) is 5.98. The molecule has 0 bridgehead atoms. The molecule has 0 aromatic heterocycles. The van der Waals surface area contributed by atoms with Crippen LogP contribution in [0, 0.1) is 0 Å². The Morgan fingerprint density at radius 3 is 3.00 bits per heavy atom. The summed E-state index contributed by atoms with van der Waals surface area (Å²) in [5, 5.41) is 3.33. The Morgan fingerprint density at radius 2 is 2.33 bits per heavy atom. The van der Waals surface area contributed by atoms with Gasteiger partial charge in [-0.2, -0.15) is 0 Å². The first-order chi connectivity index (χ1) is 8.61. The van der Waals surface area contributed by atoms with Crippen LogP contribution in [0.25, 0.3) is 0 Å². The van der Waals surface area contributed by atoms with Crippen LogP contribution in [0.3, 0.4) is 0 Å². The number of piperazine rings is 1. The molecule has 0 saturated carbocycles. The van der Waals surface area contributed by atoms with Gasteiger partial charge in [-0.1, -0.05) is 0 Å². The third-order valence-corrected chi connectivity index (χ3v) is 3.75. The second-order valence-corrected chi connectivity index (χ2v) is 5.31. The quantitative estimate of drug-likeness (QED) is 0.907. The van der Waals surface area contributed by atoms with Gasteiger partial charge in [0.05, 0.1) is 12.7 Å².